The molecule has 1 saturated heterocycles. The maximum absolute atomic E-state index is 5.64. The molecular formula is C11H22ClN. The van der Waals surface area contributed by atoms with Gasteiger partial charge in [-0.25, -0.2) is 0 Å². The third-order valence-electron chi connectivity index (χ3n) is 3.02. The quantitative estimate of drug-likeness (QED) is 0.490. The van der Waals surface area contributed by atoms with Crippen molar-refractivity contribution >= 4 is 11.6 Å². The largest absolute Gasteiger partial charge is 0.301 e. The van der Waals surface area contributed by atoms with E-state index in [4.69, 9.17) is 11.6 Å². The predicted molar refractivity (Wildman–Crippen MR) is 59.5 cm³/mol. The Labute approximate surface area is 87.4 Å². The molecule has 0 aliphatic carbocycles. The molecule has 1 heterocycles. The molecule has 0 bridgehead atoms. The highest BCUT2D eigenvalue weighted by molar-refractivity contribution is 6.17. The Bertz CT molecular complexity index is 127. The van der Waals surface area contributed by atoms with Gasteiger partial charge in [0.05, 0.1) is 0 Å². The summed E-state index contributed by atoms with van der Waals surface area (Å²) in [6.07, 6.45) is 8.04. The van der Waals surface area contributed by atoms with Crippen LogP contribution in [-0.4, -0.2) is 29.9 Å². The molecule has 1 aliphatic heterocycles. The standard InChI is InChI=1S/C11H22ClN/c1-11-7-3-6-10-13(11)9-5-2-4-8-12/h11H,2-10H2,1H3. The summed E-state index contributed by atoms with van der Waals surface area (Å²) < 4.78 is 0. The molecule has 13 heavy (non-hydrogen) atoms. The van der Waals surface area contributed by atoms with E-state index in [1.807, 2.05) is 0 Å². The van der Waals surface area contributed by atoms with Crippen molar-refractivity contribution in [1.82, 2.24) is 4.90 Å². The van der Waals surface area contributed by atoms with Gasteiger partial charge >= 0.3 is 0 Å². The zero-order valence-electron chi connectivity index (χ0n) is 8.77. The van der Waals surface area contributed by atoms with E-state index in [1.165, 1.54) is 51.6 Å². The number of halogens is 1. The van der Waals surface area contributed by atoms with Crippen LogP contribution in [0.25, 0.3) is 0 Å². The van der Waals surface area contributed by atoms with Gasteiger partial charge in [-0.3, -0.25) is 0 Å². The third kappa shape index (κ3) is 4.33. The van der Waals surface area contributed by atoms with Gasteiger partial charge in [0.15, 0.2) is 0 Å². The Balaban J connectivity index is 2.05. The average Bonchev–Trinajstić information content (AvgIpc) is 2.15. The normalized spacial score (nSPS) is 24.9. The summed E-state index contributed by atoms with van der Waals surface area (Å²) in [5.41, 5.74) is 0. The Morgan fingerprint density at radius 2 is 2.08 bits per heavy atom. The van der Waals surface area contributed by atoms with Crippen LogP contribution < -0.4 is 0 Å². The lowest BCUT2D eigenvalue weighted by Gasteiger charge is -2.33. The SMILES string of the molecule is CC1CCCCN1CCCCCCl. The molecule has 0 saturated carbocycles. The van der Waals surface area contributed by atoms with E-state index in [9.17, 15) is 0 Å². The minimum absolute atomic E-state index is 0.824. The van der Waals surface area contributed by atoms with Crippen molar-refractivity contribution in [3.63, 3.8) is 0 Å². The van der Waals surface area contributed by atoms with Crippen molar-refractivity contribution in [3.05, 3.63) is 0 Å². The van der Waals surface area contributed by atoms with E-state index >= 15 is 0 Å². The highest BCUT2D eigenvalue weighted by atomic mass is 35.5. The number of rotatable bonds is 5. The van der Waals surface area contributed by atoms with E-state index in [0.29, 0.717) is 0 Å². The summed E-state index contributed by atoms with van der Waals surface area (Å²) >= 11 is 5.64. The van der Waals surface area contributed by atoms with Crippen LogP contribution >= 0.6 is 11.6 Å². The summed E-state index contributed by atoms with van der Waals surface area (Å²) in [6.45, 7) is 4.97. The summed E-state index contributed by atoms with van der Waals surface area (Å²) in [5.74, 6) is 0.829. The fraction of sp³-hybridized carbons (Fsp3) is 1.00. The van der Waals surface area contributed by atoms with E-state index in [0.717, 1.165) is 11.9 Å². The molecule has 1 aliphatic rings. The van der Waals surface area contributed by atoms with E-state index in [1.54, 1.807) is 0 Å². The number of nitrogens with zero attached hydrogens (tertiary/aromatic N) is 1. The van der Waals surface area contributed by atoms with Crippen LogP contribution in [-0.2, 0) is 0 Å². The average molecular weight is 204 g/mol. The molecule has 0 aromatic heterocycles. The van der Waals surface area contributed by atoms with Gasteiger partial charge in [-0.05, 0) is 45.7 Å². The second-order valence-corrected chi connectivity index (χ2v) is 4.51. The first-order chi connectivity index (χ1) is 6.34. The third-order valence-corrected chi connectivity index (χ3v) is 3.29. The molecule has 0 aromatic rings. The molecule has 0 spiro atoms. The maximum Gasteiger partial charge on any atom is 0.0223 e. The first kappa shape index (κ1) is 11.3. The molecule has 1 atom stereocenters. The number of unbranched alkanes of at least 4 members (excludes halogenated alkanes) is 2. The van der Waals surface area contributed by atoms with Gasteiger partial charge in [-0.2, -0.15) is 0 Å². The van der Waals surface area contributed by atoms with E-state index < -0.39 is 0 Å². The maximum atomic E-state index is 5.64. The van der Waals surface area contributed by atoms with Crippen molar-refractivity contribution in [2.24, 2.45) is 0 Å². The lowest BCUT2D eigenvalue weighted by atomic mass is 10.0. The van der Waals surface area contributed by atoms with Gasteiger partial charge in [0, 0.05) is 11.9 Å². The lowest BCUT2D eigenvalue weighted by Crippen LogP contribution is -2.37. The lowest BCUT2D eigenvalue weighted by molar-refractivity contribution is 0.158. The van der Waals surface area contributed by atoms with Gasteiger partial charge in [-0.1, -0.05) is 12.8 Å². The smallest absolute Gasteiger partial charge is 0.0223 e. The predicted octanol–water partition coefficient (Wildman–Crippen LogP) is 3.27. The molecule has 1 nitrogen and oxygen atoms in total. The molecule has 2 heteroatoms. The molecule has 0 amide bonds. The zero-order valence-corrected chi connectivity index (χ0v) is 9.52. The highest BCUT2D eigenvalue weighted by Gasteiger charge is 2.16. The molecule has 1 rings (SSSR count). The Morgan fingerprint density at radius 1 is 1.23 bits per heavy atom. The minimum Gasteiger partial charge on any atom is -0.301 e. The van der Waals surface area contributed by atoms with E-state index in [2.05, 4.69) is 11.8 Å². The molecule has 78 valence electrons. The summed E-state index contributed by atoms with van der Waals surface area (Å²) in [6, 6.07) is 0.824. The van der Waals surface area contributed by atoms with Gasteiger partial charge in [0.25, 0.3) is 0 Å². The summed E-state index contributed by atoms with van der Waals surface area (Å²) in [7, 11) is 0. The molecule has 0 radical (unpaired) electrons. The summed E-state index contributed by atoms with van der Waals surface area (Å²) in [4.78, 5) is 2.64. The monoisotopic (exact) mass is 203 g/mol. The van der Waals surface area contributed by atoms with Crippen molar-refractivity contribution < 1.29 is 0 Å². The number of piperidine rings is 1. The van der Waals surface area contributed by atoms with Crippen LogP contribution in [0.3, 0.4) is 0 Å². The fourth-order valence-corrected chi connectivity index (χ4v) is 2.26. The first-order valence-electron chi connectivity index (χ1n) is 5.64. The minimum atomic E-state index is 0.824. The molecule has 0 aromatic carbocycles. The van der Waals surface area contributed by atoms with Crippen LogP contribution in [0.5, 0.6) is 0 Å². The van der Waals surface area contributed by atoms with Crippen LogP contribution in [0.2, 0.25) is 0 Å². The Morgan fingerprint density at radius 3 is 2.77 bits per heavy atom. The first-order valence-corrected chi connectivity index (χ1v) is 6.18. The van der Waals surface area contributed by atoms with Gasteiger partial charge in [0.1, 0.15) is 0 Å². The van der Waals surface area contributed by atoms with Crippen molar-refractivity contribution in [2.45, 2.75) is 51.5 Å². The van der Waals surface area contributed by atoms with Crippen molar-refractivity contribution in [2.75, 3.05) is 19.0 Å². The zero-order chi connectivity index (χ0) is 9.52. The van der Waals surface area contributed by atoms with Crippen LogP contribution in [0.4, 0.5) is 0 Å². The van der Waals surface area contributed by atoms with Gasteiger partial charge < -0.3 is 4.90 Å². The second kappa shape index (κ2) is 6.67. The summed E-state index contributed by atoms with van der Waals surface area (Å²) in [5, 5.41) is 0. The number of alkyl halides is 1. The van der Waals surface area contributed by atoms with Crippen LogP contribution in [0.1, 0.15) is 45.4 Å². The molecular weight excluding hydrogens is 182 g/mol. The Kier molecular flexibility index (Phi) is 5.81. The second-order valence-electron chi connectivity index (χ2n) is 4.13. The number of hydrogen-bond donors (Lipinski definition) is 0. The van der Waals surface area contributed by atoms with E-state index in [-0.39, 0.29) is 0 Å². The van der Waals surface area contributed by atoms with Crippen LogP contribution in [0.15, 0.2) is 0 Å². The highest BCUT2D eigenvalue weighted by Crippen LogP contribution is 2.16. The fourth-order valence-electron chi connectivity index (χ4n) is 2.08. The number of hydrogen-bond acceptors (Lipinski definition) is 1. The Hall–Kier alpha value is 0.250. The topological polar surface area (TPSA) is 3.24 Å². The van der Waals surface area contributed by atoms with Crippen LogP contribution in [0, 0.1) is 0 Å². The van der Waals surface area contributed by atoms with Crippen molar-refractivity contribution in [3.8, 4) is 0 Å². The molecule has 1 fully saturated rings. The van der Waals surface area contributed by atoms with Crippen molar-refractivity contribution in [1.29, 1.82) is 0 Å². The van der Waals surface area contributed by atoms with Gasteiger partial charge in [0.2, 0.25) is 0 Å². The van der Waals surface area contributed by atoms with Gasteiger partial charge in [-0.15, -0.1) is 11.6 Å². The molecule has 0 N–H and O–H groups in total. The molecule has 1 unspecified atom stereocenters. The number of likely N-dealkylation sites (tertiary alicyclic amines) is 1.